The first-order valence-electron chi connectivity index (χ1n) is 6.21. The summed E-state index contributed by atoms with van der Waals surface area (Å²) in [6.07, 6.45) is 3.30. The minimum absolute atomic E-state index is 0.217. The smallest absolute Gasteiger partial charge is 0.151 e. The fourth-order valence-corrected chi connectivity index (χ4v) is 2.84. The molecular weight excluding hydrogens is 396 g/mol. The zero-order valence-electron chi connectivity index (χ0n) is 10.8. The molecule has 0 aliphatic carbocycles. The predicted octanol–water partition coefficient (Wildman–Crippen LogP) is 5.22. The van der Waals surface area contributed by atoms with Gasteiger partial charge in [-0.2, -0.15) is 0 Å². The molecule has 0 aliphatic heterocycles. The Morgan fingerprint density at radius 1 is 1.05 bits per heavy atom. The minimum Gasteiger partial charge on any atom is -0.507 e. The Kier molecular flexibility index (Phi) is 4.03. The first-order valence-corrected chi connectivity index (χ1v) is 7.79. The molecule has 0 unspecified atom stereocenters. The second kappa shape index (κ2) is 5.95. The van der Waals surface area contributed by atoms with Gasteiger partial charge in [-0.05, 0) is 39.5 Å². The fraction of sp³-hybridized carbons (Fsp3) is 0. The standard InChI is InChI=1S/C16H10Br2N2O/c17-11-5-6-15(20-9-11)19-8-10-7-14(18)12-3-1-2-4-13(12)16(10)21/h1-9,21H. The number of aromatic nitrogens is 1. The number of fused-ring (bicyclic) bond motifs is 1. The van der Waals surface area contributed by atoms with Crippen LogP contribution in [0, 0.1) is 0 Å². The van der Waals surface area contributed by atoms with Gasteiger partial charge in [0.1, 0.15) is 5.75 Å². The first-order chi connectivity index (χ1) is 10.1. The normalized spacial score (nSPS) is 11.3. The maximum Gasteiger partial charge on any atom is 0.151 e. The predicted molar refractivity (Wildman–Crippen MR) is 92.5 cm³/mol. The van der Waals surface area contributed by atoms with Crippen LogP contribution in [0.25, 0.3) is 10.8 Å². The highest BCUT2D eigenvalue weighted by molar-refractivity contribution is 9.11. The Morgan fingerprint density at radius 3 is 2.52 bits per heavy atom. The molecule has 0 atom stereocenters. The van der Waals surface area contributed by atoms with Crippen LogP contribution in [0.15, 0.2) is 62.6 Å². The molecule has 21 heavy (non-hydrogen) atoms. The summed E-state index contributed by atoms with van der Waals surface area (Å²) in [5.41, 5.74) is 0.644. The second-order valence-corrected chi connectivity index (χ2v) is 6.20. The van der Waals surface area contributed by atoms with Crippen LogP contribution in [0.5, 0.6) is 5.75 Å². The summed E-state index contributed by atoms with van der Waals surface area (Å²) in [6.45, 7) is 0. The van der Waals surface area contributed by atoms with Crippen LogP contribution in [0.1, 0.15) is 5.56 Å². The Morgan fingerprint density at radius 2 is 1.81 bits per heavy atom. The molecule has 0 bridgehead atoms. The molecule has 0 radical (unpaired) electrons. The van der Waals surface area contributed by atoms with E-state index < -0.39 is 0 Å². The molecule has 3 rings (SSSR count). The summed E-state index contributed by atoms with van der Waals surface area (Å²) in [5, 5.41) is 12.1. The van der Waals surface area contributed by atoms with Gasteiger partial charge in [0.2, 0.25) is 0 Å². The van der Waals surface area contributed by atoms with Crippen molar-refractivity contribution in [2.45, 2.75) is 0 Å². The maximum absolute atomic E-state index is 10.4. The van der Waals surface area contributed by atoms with Crippen LogP contribution in [-0.2, 0) is 0 Å². The van der Waals surface area contributed by atoms with Crippen LogP contribution < -0.4 is 0 Å². The number of phenols is 1. The first kappa shape index (κ1) is 14.2. The molecule has 0 amide bonds. The van der Waals surface area contributed by atoms with Crippen molar-refractivity contribution >= 4 is 54.7 Å². The highest BCUT2D eigenvalue weighted by Gasteiger charge is 2.08. The molecule has 0 fully saturated rings. The lowest BCUT2D eigenvalue weighted by Crippen LogP contribution is -1.86. The van der Waals surface area contributed by atoms with Crippen molar-refractivity contribution in [1.29, 1.82) is 0 Å². The van der Waals surface area contributed by atoms with Gasteiger partial charge >= 0.3 is 0 Å². The number of aliphatic imine (C=N–C) groups is 1. The highest BCUT2D eigenvalue weighted by atomic mass is 79.9. The maximum atomic E-state index is 10.4. The molecule has 0 saturated carbocycles. The fourth-order valence-electron chi connectivity index (χ4n) is 2.01. The van der Waals surface area contributed by atoms with Gasteiger partial charge in [-0.3, -0.25) is 0 Å². The van der Waals surface area contributed by atoms with Gasteiger partial charge < -0.3 is 5.11 Å². The number of rotatable bonds is 2. The summed E-state index contributed by atoms with van der Waals surface area (Å²) in [7, 11) is 0. The van der Waals surface area contributed by atoms with E-state index >= 15 is 0 Å². The summed E-state index contributed by atoms with van der Waals surface area (Å²) >= 11 is 6.85. The molecule has 1 heterocycles. The lowest BCUT2D eigenvalue weighted by Gasteiger charge is -2.06. The Bertz CT molecular complexity index is 830. The topological polar surface area (TPSA) is 45.5 Å². The molecule has 104 valence electrons. The van der Waals surface area contributed by atoms with Crippen molar-refractivity contribution in [1.82, 2.24) is 4.98 Å². The van der Waals surface area contributed by atoms with E-state index in [4.69, 9.17) is 0 Å². The van der Waals surface area contributed by atoms with Gasteiger partial charge in [-0.1, -0.05) is 40.2 Å². The van der Waals surface area contributed by atoms with Gasteiger partial charge in [0, 0.05) is 32.3 Å². The number of nitrogens with zero attached hydrogens (tertiary/aromatic N) is 2. The second-order valence-electron chi connectivity index (χ2n) is 4.43. The quantitative estimate of drug-likeness (QED) is 0.594. The molecule has 1 aromatic heterocycles. The van der Waals surface area contributed by atoms with Crippen molar-refractivity contribution in [3.8, 4) is 5.75 Å². The summed E-state index contributed by atoms with van der Waals surface area (Å²) in [6, 6.07) is 13.2. The van der Waals surface area contributed by atoms with E-state index in [2.05, 4.69) is 41.8 Å². The third kappa shape index (κ3) is 2.99. The molecule has 3 aromatic rings. The molecule has 2 aromatic carbocycles. The van der Waals surface area contributed by atoms with E-state index in [-0.39, 0.29) is 5.75 Å². The van der Waals surface area contributed by atoms with Crippen molar-refractivity contribution < 1.29 is 5.11 Å². The van der Waals surface area contributed by atoms with E-state index in [9.17, 15) is 5.11 Å². The van der Waals surface area contributed by atoms with E-state index in [0.717, 1.165) is 19.7 Å². The molecule has 0 saturated heterocycles. The van der Waals surface area contributed by atoms with Crippen molar-refractivity contribution in [2.24, 2.45) is 4.99 Å². The van der Waals surface area contributed by atoms with Crippen LogP contribution in [0.2, 0.25) is 0 Å². The Hall–Kier alpha value is -1.72. The largest absolute Gasteiger partial charge is 0.507 e. The average Bonchev–Trinajstić information content (AvgIpc) is 2.51. The number of pyridine rings is 1. The summed E-state index contributed by atoms with van der Waals surface area (Å²) in [4.78, 5) is 8.46. The monoisotopic (exact) mass is 404 g/mol. The van der Waals surface area contributed by atoms with Crippen LogP contribution in [0.4, 0.5) is 5.82 Å². The van der Waals surface area contributed by atoms with E-state index in [0.29, 0.717) is 11.4 Å². The van der Waals surface area contributed by atoms with Gasteiger partial charge in [0.05, 0.1) is 0 Å². The minimum atomic E-state index is 0.217. The SMILES string of the molecule is Oc1c(C=Nc2ccc(Br)cn2)cc(Br)c2ccccc12. The van der Waals surface area contributed by atoms with E-state index in [1.165, 1.54) is 0 Å². The van der Waals surface area contributed by atoms with Crippen LogP contribution >= 0.6 is 31.9 Å². The molecular formula is C16H10Br2N2O. The van der Waals surface area contributed by atoms with Crippen LogP contribution in [-0.4, -0.2) is 16.3 Å². The zero-order valence-corrected chi connectivity index (χ0v) is 14.0. The molecule has 0 aliphatic rings. The number of aromatic hydroxyl groups is 1. The van der Waals surface area contributed by atoms with Crippen LogP contribution in [0.3, 0.4) is 0 Å². The average molecular weight is 406 g/mol. The zero-order chi connectivity index (χ0) is 14.8. The number of hydrogen-bond acceptors (Lipinski definition) is 3. The van der Waals surface area contributed by atoms with Gasteiger partial charge in [-0.25, -0.2) is 9.98 Å². The van der Waals surface area contributed by atoms with Gasteiger partial charge in [-0.15, -0.1) is 0 Å². The number of benzene rings is 2. The van der Waals surface area contributed by atoms with E-state index in [1.807, 2.05) is 36.4 Å². The Balaban J connectivity index is 2.04. The Labute approximate surface area is 138 Å². The third-order valence-corrected chi connectivity index (χ3v) is 4.17. The van der Waals surface area contributed by atoms with Crippen molar-refractivity contribution in [2.75, 3.05) is 0 Å². The van der Waals surface area contributed by atoms with Crippen molar-refractivity contribution in [3.05, 3.63) is 63.2 Å². The summed E-state index contributed by atoms with van der Waals surface area (Å²) in [5.74, 6) is 0.802. The van der Waals surface area contributed by atoms with E-state index in [1.54, 1.807) is 18.5 Å². The molecule has 1 N–H and O–H groups in total. The molecule has 5 heteroatoms. The molecule has 3 nitrogen and oxygen atoms in total. The number of hydrogen-bond donors (Lipinski definition) is 1. The van der Waals surface area contributed by atoms with Crippen molar-refractivity contribution in [3.63, 3.8) is 0 Å². The van der Waals surface area contributed by atoms with Gasteiger partial charge in [0.15, 0.2) is 5.82 Å². The lowest BCUT2D eigenvalue weighted by molar-refractivity contribution is 0.481. The lowest BCUT2D eigenvalue weighted by atomic mass is 10.1. The third-order valence-electron chi connectivity index (χ3n) is 3.04. The van der Waals surface area contributed by atoms with Gasteiger partial charge in [0.25, 0.3) is 0 Å². The summed E-state index contributed by atoms with van der Waals surface area (Å²) < 4.78 is 1.82. The molecule has 0 spiro atoms. The number of halogens is 2. The highest BCUT2D eigenvalue weighted by Crippen LogP contribution is 2.33. The number of phenolic OH excluding ortho intramolecular Hbond substituents is 1.